The average molecular weight is 327 g/mol. The number of rotatable bonds is 8. The Bertz CT molecular complexity index is 460. The van der Waals surface area contributed by atoms with E-state index in [0.29, 0.717) is 11.5 Å². The Balaban J connectivity index is 1.64. The van der Waals surface area contributed by atoms with Crippen molar-refractivity contribution in [3.05, 3.63) is 60.7 Å². The van der Waals surface area contributed by atoms with E-state index in [1.165, 1.54) is 0 Å². The van der Waals surface area contributed by atoms with Crippen LogP contribution in [0.4, 0.5) is 0 Å². The molecule has 0 aliphatic rings. The molecule has 2 aromatic rings. The average Bonchev–Trinajstić information content (AvgIpc) is 2.49. The van der Waals surface area contributed by atoms with Gasteiger partial charge >= 0.3 is 0 Å². The minimum Gasteiger partial charge on any atom is -0.472 e. The fraction of sp³-hybridized carbons (Fsp3) is 0.250. The Labute approximate surface area is 134 Å². The van der Waals surface area contributed by atoms with Crippen molar-refractivity contribution < 1.29 is 14.2 Å². The number of para-hydroxylation sites is 2. The van der Waals surface area contributed by atoms with Gasteiger partial charge < -0.3 is 14.2 Å². The maximum atomic E-state index is 6.03. The number of alkyl halides is 2. The van der Waals surface area contributed by atoms with Gasteiger partial charge in [0.15, 0.2) is 11.1 Å². The van der Waals surface area contributed by atoms with E-state index < -0.39 is 11.1 Å². The molecule has 0 heterocycles. The fourth-order valence-electron chi connectivity index (χ4n) is 1.61. The molecule has 2 rings (SSSR count). The number of benzene rings is 2. The zero-order valence-corrected chi connectivity index (χ0v) is 12.8. The lowest BCUT2D eigenvalue weighted by atomic mass is 10.3. The molecule has 0 fully saturated rings. The van der Waals surface area contributed by atoms with Gasteiger partial charge in [0.25, 0.3) is 0 Å². The lowest BCUT2D eigenvalue weighted by Crippen LogP contribution is -2.22. The van der Waals surface area contributed by atoms with Crippen molar-refractivity contribution in [2.75, 3.05) is 13.2 Å². The summed E-state index contributed by atoms with van der Waals surface area (Å²) in [7, 11) is 0. The molecule has 2 aromatic carbocycles. The van der Waals surface area contributed by atoms with E-state index in [4.69, 9.17) is 37.4 Å². The predicted molar refractivity (Wildman–Crippen MR) is 84.2 cm³/mol. The van der Waals surface area contributed by atoms with Crippen LogP contribution in [-0.2, 0) is 4.74 Å². The maximum absolute atomic E-state index is 6.03. The summed E-state index contributed by atoms with van der Waals surface area (Å²) in [5.41, 5.74) is -1.15. The summed E-state index contributed by atoms with van der Waals surface area (Å²) in [5, 5.41) is 0. The molecule has 0 N–H and O–H groups in total. The number of hydrogen-bond acceptors (Lipinski definition) is 3. The monoisotopic (exact) mass is 326 g/mol. The molecular formula is C16H16Cl2O3. The van der Waals surface area contributed by atoms with Crippen LogP contribution in [0.15, 0.2) is 60.7 Å². The van der Waals surface area contributed by atoms with Crippen LogP contribution < -0.4 is 9.47 Å². The summed E-state index contributed by atoms with van der Waals surface area (Å²) >= 11 is 12.1. The van der Waals surface area contributed by atoms with Crippen molar-refractivity contribution in [1.82, 2.24) is 0 Å². The van der Waals surface area contributed by atoms with Gasteiger partial charge in [-0.1, -0.05) is 59.6 Å². The van der Waals surface area contributed by atoms with E-state index in [9.17, 15) is 0 Å². The molecule has 0 unspecified atom stereocenters. The third-order valence-corrected chi connectivity index (χ3v) is 2.94. The molecule has 0 spiro atoms. The lowest BCUT2D eigenvalue weighted by molar-refractivity contribution is 0.0526. The van der Waals surface area contributed by atoms with Gasteiger partial charge in [-0.2, -0.15) is 0 Å². The molecule has 0 aromatic heterocycles. The highest BCUT2D eigenvalue weighted by Crippen LogP contribution is 2.15. The quantitative estimate of drug-likeness (QED) is 0.677. The van der Waals surface area contributed by atoms with Crippen LogP contribution in [0.1, 0.15) is 0 Å². The van der Waals surface area contributed by atoms with Crippen molar-refractivity contribution in [1.29, 1.82) is 0 Å². The van der Waals surface area contributed by atoms with E-state index in [-0.39, 0.29) is 13.2 Å². The molecule has 3 nitrogen and oxygen atoms in total. The third-order valence-electron chi connectivity index (χ3n) is 2.51. The summed E-state index contributed by atoms with van der Waals surface area (Å²) in [4.78, 5) is 0. The minimum atomic E-state index is -0.576. The molecule has 112 valence electrons. The van der Waals surface area contributed by atoms with Crippen LogP contribution in [0, 0.1) is 0 Å². The second-order valence-corrected chi connectivity index (χ2v) is 5.19. The largest absolute Gasteiger partial charge is 0.472 e. The number of halogens is 2. The first kappa shape index (κ1) is 16.0. The second-order valence-electron chi connectivity index (χ2n) is 4.22. The van der Waals surface area contributed by atoms with Crippen LogP contribution in [0.2, 0.25) is 0 Å². The van der Waals surface area contributed by atoms with Gasteiger partial charge in [0.2, 0.25) is 0 Å². The van der Waals surface area contributed by atoms with E-state index in [2.05, 4.69) is 0 Å². The Morgan fingerprint density at radius 1 is 0.667 bits per heavy atom. The van der Waals surface area contributed by atoms with Crippen molar-refractivity contribution in [3.8, 4) is 11.5 Å². The van der Waals surface area contributed by atoms with Gasteiger partial charge in [-0.3, -0.25) is 0 Å². The first-order valence-corrected chi connectivity index (χ1v) is 7.40. The zero-order valence-electron chi connectivity index (χ0n) is 11.3. The molecule has 0 saturated heterocycles. The molecule has 2 atom stereocenters. The molecule has 0 radical (unpaired) electrons. The van der Waals surface area contributed by atoms with Crippen molar-refractivity contribution in [3.63, 3.8) is 0 Å². The standard InChI is InChI=1S/C16H16Cl2O3/c17-15(20-13-7-3-1-4-8-13)11-19-12-16(18)21-14-9-5-2-6-10-14/h1-10,15-16H,11-12H2/t15-,16-/m1/s1. The zero-order chi connectivity index (χ0) is 14.9. The third kappa shape index (κ3) is 6.25. The molecule has 0 amide bonds. The molecular weight excluding hydrogens is 311 g/mol. The highest BCUT2D eigenvalue weighted by atomic mass is 35.5. The summed E-state index contributed by atoms with van der Waals surface area (Å²) in [5.74, 6) is 1.40. The van der Waals surface area contributed by atoms with Gasteiger partial charge in [-0.15, -0.1) is 0 Å². The first-order chi connectivity index (χ1) is 10.2. The van der Waals surface area contributed by atoms with Crippen molar-refractivity contribution in [2.24, 2.45) is 0 Å². The summed E-state index contributed by atoms with van der Waals surface area (Å²) in [6, 6.07) is 18.7. The number of ether oxygens (including phenoxy) is 3. The molecule has 0 bridgehead atoms. The highest BCUT2D eigenvalue weighted by molar-refractivity contribution is 6.20. The Morgan fingerprint density at radius 2 is 1.05 bits per heavy atom. The molecule has 21 heavy (non-hydrogen) atoms. The molecule has 0 saturated carbocycles. The van der Waals surface area contributed by atoms with E-state index >= 15 is 0 Å². The van der Waals surface area contributed by atoms with Gasteiger partial charge in [-0.25, -0.2) is 0 Å². The van der Waals surface area contributed by atoms with Crippen LogP contribution >= 0.6 is 23.2 Å². The molecule has 5 heteroatoms. The normalized spacial score (nSPS) is 13.4. The van der Waals surface area contributed by atoms with Gasteiger partial charge in [-0.05, 0) is 24.3 Å². The highest BCUT2D eigenvalue weighted by Gasteiger charge is 2.10. The van der Waals surface area contributed by atoms with Crippen LogP contribution in [-0.4, -0.2) is 24.3 Å². The second kappa shape index (κ2) is 8.78. The van der Waals surface area contributed by atoms with Gasteiger partial charge in [0.05, 0.1) is 13.2 Å². The minimum absolute atomic E-state index is 0.220. The maximum Gasteiger partial charge on any atom is 0.195 e. The Hall–Kier alpha value is -1.42. The summed E-state index contributed by atoms with van der Waals surface area (Å²) < 4.78 is 16.3. The Kier molecular flexibility index (Phi) is 6.67. The van der Waals surface area contributed by atoms with Gasteiger partial charge in [0, 0.05) is 0 Å². The Morgan fingerprint density at radius 3 is 1.43 bits per heavy atom. The van der Waals surface area contributed by atoms with Gasteiger partial charge in [0.1, 0.15) is 11.5 Å². The van der Waals surface area contributed by atoms with E-state index in [1.54, 1.807) is 0 Å². The SMILES string of the molecule is Cl[C@@H](COC[C@H](Cl)Oc1ccccc1)Oc1ccccc1. The van der Waals surface area contributed by atoms with E-state index in [1.807, 2.05) is 60.7 Å². The topological polar surface area (TPSA) is 27.7 Å². The smallest absolute Gasteiger partial charge is 0.195 e. The fourth-order valence-corrected chi connectivity index (χ4v) is 2.00. The van der Waals surface area contributed by atoms with E-state index in [0.717, 1.165) is 0 Å². The van der Waals surface area contributed by atoms with Crippen molar-refractivity contribution >= 4 is 23.2 Å². The first-order valence-electron chi connectivity index (χ1n) is 6.53. The summed E-state index contributed by atoms with van der Waals surface area (Å²) in [6.45, 7) is 0.440. The van der Waals surface area contributed by atoms with Crippen LogP contribution in [0.5, 0.6) is 11.5 Å². The molecule has 0 aliphatic carbocycles. The summed E-state index contributed by atoms with van der Waals surface area (Å²) in [6.07, 6.45) is 0. The predicted octanol–water partition coefficient (Wildman–Crippen LogP) is 4.29. The lowest BCUT2D eigenvalue weighted by Gasteiger charge is -2.16. The van der Waals surface area contributed by atoms with Crippen molar-refractivity contribution in [2.45, 2.75) is 11.1 Å². The molecule has 0 aliphatic heterocycles. The van der Waals surface area contributed by atoms with Crippen LogP contribution in [0.25, 0.3) is 0 Å². The van der Waals surface area contributed by atoms with Crippen LogP contribution in [0.3, 0.4) is 0 Å². The number of hydrogen-bond donors (Lipinski definition) is 0.